The third-order valence-electron chi connectivity index (χ3n) is 6.04. The first-order valence-corrected chi connectivity index (χ1v) is 10.5. The number of pyridine rings is 1. The molecular formula is C23H24F3N3O3. The molecule has 1 saturated carbocycles. The average molecular weight is 447 g/mol. The van der Waals surface area contributed by atoms with Gasteiger partial charge in [-0.25, -0.2) is 9.36 Å². The Balaban J connectivity index is 1.78. The van der Waals surface area contributed by atoms with Crippen molar-refractivity contribution in [3.8, 4) is 17.3 Å². The number of ether oxygens (including phenoxy) is 1. The summed E-state index contributed by atoms with van der Waals surface area (Å²) in [5, 5.41) is 10.8. The zero-order valence-corrected chi connectivity index (χ0v) is 17.5. The fourth-order valence-corrected chi connectivity index (χ4v) is 4.61. The minimum absolute atomic E-state index is 0.223. The molecule has 3 aromatic rings. The second-order valence-corrected chi connectivity index (χ2v) is 8.06. The first-order chi connectivity index (χ1) is 15.3. The molecule has 1 unspecified atom stereocenters. The largest absolute Gasteiger partial charge is 0.573 e. The summed E-state index contributed by atoms with van der Waals surface area (Å²) in [6.45, 7) is 1.67. The van der Waals surface area contributed by atoms with Gasteiger partial charge in [0.15, 0.2) is 0 Å². The molecule has 1 aliphatic carbocycles. The molecular weight excluding hydrogens is 423 g/mol. The molecule has 1 aliphatic rings. The van der Waals surface area contributed by atoms with Crippen LogP contribution in [0.1, 0.15) is 49.4 Å². The van der Waals surface area contributed by atoms with Crippen molar-refractivity contribution < 1.29 is 23.0 Å². The maximum Gasteiger partial charge on any atom is 0.573 e. The average Bonchev–Trinajstić information content (AvgIpc) is 2.99. The molecule has 0 amide bonds. The van der Waals surface area contributed by atoms with E-state index in [-0.39, 0.29) is 23.5 Å². The predicted molar refractivity (Wildman–Crippen MR) is 112 cm³/mol. The van der Waals surface area contributed by atoms with Crippen molar-refractivity contribution in [3.63, 3.8) is 0 Å². The van der Waals surface area contributed by atoms with Crippen LogP contribution in [0, 0.1) is 12.8 Å². The molecule has 2 heterocycles. The minimum Gasteiger partial charge on any atom is -0.493 e. The van der Waals surface area contributed by atoms with E-state index in [9.17, 15) is 23.1 Å². The molecule has 32 heavy (non-hydrogen) atoms. The number of aromatic nitrogens is 3. The van der Waals surface area contributed by atoms with Crippen LogP contribution in [0.25, 0.3) is 5.69 Å². The SMILES string of the molecule is Cc1c(O)n(-c2ccc(OC(F)(F)F)cc2)c(=O)n1C(c1ccncc1)C1CCCCC1. The zero-order valence-electron chi connectivity index (χ0n) is 17.5. The lowest BCUT2D eigenvalue weighted by molar-refractivity contribution is -0.274. The number of halogens is 3. The first-order valence-electron chi connectivity index (χ1n) is 10.5. The van der Waals surface area contributed by atoms with E-state index in [1.807, 2.05) is 12.1 Å². The number of alkyl halides is 3. The van der Waals surface area contributed by atoms with Crippen molar-refractivity contribution in [2.45, 2.75) is 51.4 Å². The van der Waals surface area contributed by atoms with Gasteiger partial charge in [0, 0.05) is 12.4 Å². The Bertz CT molecular complexity index is 1120. The molecule has 0 bridgehead atoms. The summed E-state index contributed by atoms with van der Waals surface area (Å²) in [7, 11) is 0. The normalized spacial score (nSPS) is 16.1. The Labute approximate surface area is 182 Å². The molecule has 1 N–H and O–H groups in total. The van der Waals surface area contributed by atoms with Crippen molar-refractivity contribution in [1.29, 1.82) is 0 Å². The van der Waals surface area contributed by atoms with Gasteiger partial charge >= 0.3 is 12.1 Å². The molecule has 0 spiro atoms. The first kappa shape index (κ1) is 22.0. The Hall–Kier alpha value is -3.23. The number of benzene rings is 1. The van der Waals surface area contributed by atoms with Gasteiger partial charge in [0.25, 0.3) is 0 Å². The molecule has 6 nitrogen and oxygen atoms in total. The van der Waals surface area contributed by atoms with E-state index in [0.717, 1.165) is 54.4 Å². The summed E-state index contributed by atoms with van der Waals surface area (Å²) in [6.07, 6.45) is 3.80. The predicted octanol–water partition coefficient (Wildman–Crippen LogP) is 5.12. The number of rotatable bonds is 5. The van der Waals surface area contributed by atoms with Gasteiger partial charge in [-0.15, -0.1) is 13.2 Å². The van der Waals surface area contributed by atoms with Crippen molar-refractivity contribution in [1.82, 2.24) is 14.1 Å². The summed E-state index contributed by atoms with van der Waals surface area (Å²) in [5.41, 5.74) is 1.14. The molecule has 1 fully saturated rings. The van der Waals surface area contributed by atoms with Crippen LogP contribution >= 0.6 is 0 Å². The van der Waals surface area contributed by atoms with Gasteiger partial charge in [0.2, 0.25) is 5.88 Å². The van der Waals surface area contributed by atoms with E-state index in [4.69, 9.17) is 0 Å². The van der Waals surface area contributed by atoms with Crippen molar-refractivity contribution in [2.24, 2.45) is 5.92 Å². The van der Waals surface area contributed by atoms with Gasteiger partial charge in [0.1, 0.15) is 5.75 Å². The van der Waals surface area contributed by atoms with Crippen LogP contribution in [-0.4, -0.2) is 25.6 Å². The second kappa shape index (κ2) is 8.72. The molecule has 0 radical (unpaired) electrons. The minimum atomic E-state index is -4.81. The third-order valence-corrected chi connectivity index (χ3v) is 6.04. The summed E-state index contributed by atoms with van der Waals surface area (Å²) in [4.78, 5) is 17.6. The number of nitrogens with zero attached hydrogens (tertiary/aromatic N) is 3. The Morgan fingerprint density at radius 2 is 1.69 bits per heavy atom. The van der Waals surface area contributed by atoms with Gasteiger partial charge < -0.3 is 9.84 Å². The number of aromatic hydroxyl groups is 1. The molecule has 0 saturated heterocycles. The van der Waals surface area contributed by atoms with E-state index in [0.29, 0.717) is 5.69 Å². The van der Waals surface area contributed by atoms with Crippen molar-refractivity contribution in [2.75, 3.05) is 0 Å². The van der Waals surface area contributed by atoms with E-state index in [1.165, 1.54) is 12.1 Å². The highest BCUT2D eigenvalue weighted by Crippen LogP contribution is 2.38. The van der Waals surface area contributed by atoms with Crippen LogP contribution in [0.5, 0.6) is 11.6 Å². The third kappa shape index (κ3) is 4.37. The van der Waals surface area contributed by atoms with Gasteiger partial charge in [-0.1, -0.05) is 19.3 Å². The highest BCUT2D eigenvalue weighted by Gasteiger charge is 2.33. The van der Waals surface area contributed by atoms with Crippen molar-refractivity contribution >= 4 is 0 Å². The summed E-state index contributed by atoms with van der Waals surface area (Å²) in [6, 6.07) is 8.34. The van der Waals surface area contributed by atoms with Crippen LogP contribution < -0.4 is 10.4 Å². The molecule has 9 heteroatoms. The summed E-state index contributed by atoms with van der Waals surface area (Å²) >= 11 is 0. The van der Waals surface area contributed by atoms with Gasteiger partial charge in [-0.05, 0) is 67.6 Å². The summed E-state index contributed by atoms with van der Waals surface area (Å²) in [5.74, 6) is -0.420. The maximum absolute atomic E-state index is 13.5. The Kier molecular flexibility index (Phi) is 5.99. The van der Waals surface area contributed by atoms with Gasteiger partial charge in [0.05, 0.1) is 17.4 Å². The van der Waals surface area contributed by atoms with E-state index in [2.05, 4.69) is 9.72 Å². The zero-order chi connectivity index (χ0) is 22.9. The fraction of sp³-hybridized carbons (Fsp3) is 0.391. The van der Waals surface area contributed by atoms with E-state index >= 15 is 0 Å². The van der Waals surface area contributed by atoms with Gasteiger partial charge in [-0.2, -0.15) is 0 Å². The maximum atomic E-state index is 13.5. The van der Waals surface area contributed by atoms with Crippen LogP contribution in [-0.2, 0) is 0 Å². The monoisotopic (exact) mass is 447 g/mol. The molecule has 0 aliphatic heterocycles. The number of hydrogen-bond acceptors (Lipinski definition) is 4. The standard InChI is InChI=1S/C23H24F3N3O3/c1-15-21(30)29(18-7-9-19(10-8-18)32-23(24,25)26)22(31)28(15)20(16-5-3-2-4-6-16)17-11-13-27-14-12-17/h7-14,16,20,30H,2-6H2,1H3. The van der Waals surface area contributed by atoms with E-state index < -0.39 is 17.8 Å². The van der Waals surface area contributed by atoms with Crippen LogP contribution in [0.3, 0.4) is 0 Å². The Morgan fingerprint density at radius 1 is 1.06 bits per heavy atom. The lowest BCUT2D eigenvalue weighted by Crippen LogP contribution is -2.33. The lowest BCUT2D eigenvalue weighted by atomic mass is 9.81. The molecule has 2 aromatic heterocycles. The highest BCUT2D eigenvalue weighted by atomic mass is 19.4. The van der Waals surface area contributed by atoms with Crippen LogP contribution in [0.4, 0.5) is 13.2 Å². The van der Waals surface area contributed by atoms with Crippen molar-refractivity contribution in [3.05, 3.63) is 70.5 Å². The number of hydrogen-bond donors (Lipinski definition) is 1. The molecule has 1 aromatic carbocycles. The Morgan fingerprint density at radius 3 is 2.28 bits per heavy atom. The lowest BCUT2D eigenvalue weighted by Gasteiger charge is -2.31. The fourth-order valence-electron chi connectivity index (χ4n) is 4.61. The molecule has 4 rings (SSSR count). The second-order valence-electron chi connectivity index (χ2n) is 8.06. The quantitative estimate of drug-likeness (QED) is 0.590. The van der Waals surface area contributed by atoms with Crippen LogP contribution in [0.15, 0.2) is 53.6 Å². The number of imidazole rings is 1. The summed E-state index contributed by atoms with van der Waals surface area (Å²) < 4.78 is 44.0. The van der Waals surface area contributed by atoms with E-state index in [1.54, 1.807) is 23.9 Å². The van der Waals surface area contributed by atoms with Crippen LogP contribution in [0.2, 0.25) is 0 Å². The van der Waals surface area contributed by atoms with Gasteiger partial charge in [-0.3, -0.25) is 9.55 Å². The molecule has 1 atom stereocenters. The topological polar surface area (TPSA) is 69.3 Å². The smallest absolute Gasteiger partial charge is 0.493 e. The highest BCUT2D eigenvalue weighted by molar-refractivity contribution is 5.42. The molecule has 170 valence electrons.